The number of aromatic nitrogens is 2. The molecule has 0 aliphatic heterocycles. The topological polar surface area (TPSA) is 41.1 Å². The highest BCUT2D eigenvalue weighted by atomic mass is 79.9. The molecule has 0 spiro atoms. The highest BCUT2D eigenvalue weighted by molar-refractivity contribution is 9.10. The minimum absolute atomic E-state index is 0.678. The van der Waals surface area contributed by atoms with Crippen LogP contribution in [0.1, 0.15) is 17.0 Å². The first-order chi connectivity index (χ1) is 9.60. The van der Waals surface area contributed by atoms with Crippen molar-refractivity contribution < 1.29 is 0 Å². The van der Waals surface area contributed by atoms with Crippen LogP contribution in [0, 0.1) is 6.92 Å². The van der Waals surface area contributed by atoms with Crippen LogP contribution in [-0.4, -0.2) is 24.1 Å². The first-order valence-corrected chi connectivity index (χ1v) is 7.32. The molecule has 2 aromatic rings. The fourth-order valence-electron chi connectivity index (χ4n) is 1.99. The summed E-state index contributed by atoms with van der Waals surface area (Å²) in [4.78, 5) is 10.9. The number of anilines is 1. The van der Waals surface area contributed by atoms with Crippen molar-refractivity contribution in [3.63, 3.8) is 0 Å². The smallest absolute Gasteiger partial charge is 0.144 e. The van der Waals surface area contributed by atoms with Crippen LogP contribution in [0.2, 0.25) is 0 Å². The summed E-state index contributed by atoms with van der Waals surface area (Å²) in [5.41, 5.74) is 2.57. The van der Waals surface area contributed by atoms with Crippen LogP contribution in [0.25, 0.3) is 0 Å². The first-order valence-electron chi connectivity index (χ1n) is 6.53. The average Bonchev–Trinajstić information content (AvgIpc) is 2.43. The van der Waals surface area contributed by atoms with Gasteiger partial charge in [0.2, 0.25) is 0 Å². The van der Waals surface area contributed by atoms with Crippen molar-refractivity contribution in [1.82, 2.24) is 15.3 Å². The Kier molecular flexibility index (Phi) is 5.09. The number of rotatable bonds is 5. The molecule has 0 unspecified atom stereocenters. The lowest BCUT2D eigenvalue weighted by molar-refractivity contribution is 0.750. The second-order valence-electron chi connectivity index (χ2n) is 4.79. The second kappa shape index (κ2) is 6.81. The lowest BCUT2D eigenvalue weighted by Crippen LogP contribution is -2.20. The molecule has 0 bridgehead atoms. The molecule has 1 aromatic heterocycles. The Morgan fingerprint density at radius 1 is 1.30 bits per heavy atom. The summed E-state index contributed by atoms with van der Waals surface area (Å²) in [5, 5.41) is 3.07. The summed E-state index contributed by atoms with van der Waals surface area (Å²) in [6.45, 7) is 3.63. The number of nitrogens with zero attached hydrogens (tertiary/aromatic N) is 3. The quantitative estimate of drug-likeness (QED) is 0.912. The lowest BCUT2D eigenvalue weighted by atomic mass is 10.1. The molecular formula is C15H19BrN4. The van der Waals surface area contributed by atoms with Gasteiger partial charge in [-0.3, -0.25) is 0 Å². The summed E-state index contributed by atoms with van der Waals surface area (Å²) in [5.74, 6) is 1.74. The van der Waals surface area contributed by atoms with E-state index < -0.39 is 0 Å². The predicted octanol–water partition coefficient (Wildman–Crippen LogP) is 2.90. The largest absolute Gasteiger partial charge is 0.355 e. The zero-order valence-electron chi connectivity index (χ0n) is 12.0. The van der Waals surface area contributed by atoms with Crippen LogP contribution in [0.5, 0.6) is 0 Å². The van der Waals surface area contributed by atoms with Crippen LogP contribution >= 0.6 is 15.9 Å². The molecule has 2 rings (SSSR count). The molecule has 0 aliphatic rings. The number of halogens is 1. The average molecular weight is 335 g/mol. The Hall–Kier alpha value is -1.46. The standard InChI is InChI=1S/C15H19BrN4/c1-11-4-5-13(16)8-12(11)10-20(3)15-6-7-18-14(19-15)9-17-2/h4-8,17H,9-10H2,1-3H3. The van der Waals surface area contributed by atoms with Crippen LogP contribution in [-0.2, 0) is 13.1 Å². The van der Waals surface area contributed by atoms with Crippen LogP contribution < -0.4 is 10.2 Å². The maximum atomic E-state index is 4.55. The van der Waals surface area contributed by atoms with Crippen molar-refractivity contribution >= 4 is 21.7 Å². The molecule has 0 aliphatic carbocycles. The number of aryl methyl sites for hydroxylation is 1. The molecule has 5 heteroatoms. The normalized spacial score (nSPS) is 10.6. The monoisotopic (exact) mass is 334 g/mol. The highest BCUT2D eigenvalue weighted by Crippen LogP contribution is 2.19. The van der Waals surface area contributed by atoms with Crippen molar-refractivity contribution in [2.75, 3.05) is 19.0 Å². The van der Waals surface area contributed by atoms with Gasteiger partial charge in [0.1, 0.15) is 11.6 Å². The Morgan fingerprint density at radius 2 is 2.10 bits per heavy atom. The van der Waals surface area contributed by atoms with Gasteiger partial charge in [-0.2, -0.15) is 0 Å². The number of benzene rings is 1. The van der Waals surface area contributed by atoms with Gasteiger partial charge >= 0.3 is 0 Å². The third-order valence-corrected chi connectivity index (χ3v) is 3.63. The maximum absolute atomic E-state index is 4.55. The minimum atomic E-state index is 0.678. The SMILES string of the molecule is CNCc1nccc(N(C)Cc2cc(Br)ccc2C)n1. The van der Waals surface area contributed by atoms with Gasteiger partial charge in [-0.25, -0.2) is 9.97 Å². The van der Waals surface area contributed by atoms with Gasteiger partial charge in [0, 0.05) is 24.3 Å². The van der Waals surface area contributed by atoms with Crippen LogP contribution in [0.4, 0.5) is 5.82 Å². The van der Waals surface area contributed by atoms with Gasteiger partial charge in [-0.05, 0) is 43.3 Å². The molecular weight excluding hydrogens is 316 g/mol. The fourth-order valence-corrected chi connectivity index (χ4v) is 2.40. The van der Waals surface area contributed by atoms with Crippen molar-refractivity contribution in [2.45, 2.75) is 20.0 Å². The van der Waals surface area contributed by atoms with E-state index in [0.717, 1.165) is 22.7 Å². The minimum Gasteiger partial charge on any atom is -0.355 e. The number of nitrogens with one attached hydrogen (secondary N) is 1. The van der Waals surface area contributed by atoms with E-state index in [-0.39, 0.29) is 0 Å². The number of hydrogen-bond donors (Lipinski definition) is 1. The van der Waals surface area contributed by atoms with Gasteiger partial charge < -0.3 is 10.2 Å². The zero-order chi connectivity index (χ0) is 14.5. The molecule has 0 radical (unpaired) electrons. The molecule has 20 heavy (non-hydrogen) atoms. The third-order valence-electron chi connectivity index (χ3n) is 3.14. The summed E-state index contributed by atoms with van der Waals surface area (Å²) in [7, 11) is 3.94. The van der Waals surface area contributed by atoms with E-state index >= 15 is 0 Å². The molecule has 1 aromatic carbocycles. The predicted molar refractivity (Wildman–Crippen MR) is 85.8 cm³/mol. The molecule has 4 nitrogen and oxygen atoms in total. The third kappa shape index (κ3) is 3.77. The summed E-state index contributed by atoms with van der Waals surface area (Å²) in [6, 6.07) is 8.28. The molecule has 0 saturated carbocycles. The lowest BCUT2D eigenvalue weighted by Gasteiger charge is -2.20. The fraction of sp³-hybridized carbons (Fsp3) is 0.333. The van der Waals surface area contributed by atoms with Crippen LogP contribution in [0.15, 0.2) is 34.9 Å². The molecule has 106 valence electrons. The van der Waals surface area contributed by atoms with Crippen LogP contribution in [0.3, 0.4) is 0 Å². The van der Waals surface area contributed by atoms with Crippen molar-refractivity contribution in [1.29, 1.82) is 0 Å². The Labute approximate surface area is 128 Å². The Morgan fingerprint density at radius 3 is 2.85 bits per heavy atom. The second-order valence-corrected chi connectivity index (χ2v) is 5.70. The van der Waals surface area contributed by atoms with E-state index in [4.69, 9.17) is 0 Å². The van der Waals surface area contributed by atoms with Gasteiger partial charge in [0.25, 0.3) is 0 Å². The van der Waals surface area contributed by atoms with E-state index in [0.29, 0.717) is 6.54 Å². The van der Waals surface area contributed by atoms with Gasteiger partial charge in [-0.1, -0.05) is 22.0 Å². The number of hydrogen-bond acceptors (Lipinski definition) is 4. The van der Waals surface area contributed by atoms with E-state index in [1.807, 2.05) is 20.2 Å². The molecule has 1 N–H and O–H groups in total. The van der Waals surface area contributed by atoms with Gasteiger partial charge in [-0.15, -0.1) is 0 Å². The van der Waals surface area contributed by atoms with Crippen molar-refractivity contribution in [3.8, 4) is 0 Å². The molecule has 0 saturated heterocycles. The summed E-state index contributed by atoms with van der Waals surface area (Å²) >= 11 is 3.52. The van der Waals surface area contributed by atoms with Gasteiger partial charge in [0.05, 0.1) is 6.54 Å². The van der Waals surface area contributed by atoms with E-state index in [1.54, 1.807) is 6.20 Å². The summed E-state index contributed by atoms with van der Waals surface area (Å²) < 4.78 is 1.10. The van der Waals surface area contributed by atoms with E-state index in [1.165, 1.54) is 11.1 Å². The Balaban J connectivity index is 2.17. The first kappa shape index (κ1) is 14.9. The van der Waals surface area contributed by atoms with Crippen molar-refractivity contribution in [2.24, 2.45) is 0 Å². The van der Waals surface area contributed by atoms with E-state index in [9.17, 15) is 0 Å². The Bertz CT molecular complexity index is 586. The molecule has 0 fully saturated rings. The molecule has 1 heterocycles. The maximum Gasteiger partial charge on any atom is 0.144 e. The van der Waals surface area contributed by atoms with Gasteiger partial charge in [0.15, 0.2) is 0 Å². The summed E-state index contributed by atoms with van der Waals surface area (Å²) in [6.07, 6.45) is 1.80. The zero-order valence-corrected chi connectivity index (χ0v) is 13.6. The molecule has 0 amide bonds. The van der Waals surface area contributed by atoms with Crippen molar-refractivity contribution in [3.05, 3.63) is 51.9 Å². The highest BCUT2D eigenvalue weighted by Gasteiger charge is 2.07. The molecule has 0 atom stereocenters. The van der Waals surface area contributed by atoms with E-state index in [2.05, 4.69) is 61.2 Å².